The largest absolute Gasteiger partial charge is 0.341 e. The van der Waals surface area contributed by atoms with Crippen molar-refractivity contribution in [3.8, 4) is 0 Å². The van der Waals surface area contributed by atoms with Gasteiger partial charge in [0.15, 0.2) is 0 Å². The molecule has 116 valence electrons. The zero-order valence-corrected chi connectivity index (χ0v) is 13.6. The molecule has 1 aliphatic rings. The number of nitrogens with zero attached hydrogens (tertiary/aromatic N) is 2. The van der Waals surface area contributed by atoms with E-state index in [1.807, 2.05) is 24.1 Å². The van der Waals surface area contributed by atoms with E-state index >= 15 is 0 Å². The minimum absolute atomic E-state index is 0.254. The normalized spacial score (nSPS) is 16.9. The molecule has 1 fully saturated rings. The fourth-order valence-corrected chi connectivity index (χ4v) is 3.02. The lowest BCUT2D eigenvalue weighted by Crippen LogP contribution is -2.32. The first kappa shape index (κ1) is 16.0. The van der Waals surface area contributed by atoms with Gasteiger partial charge in [0.2, 0.25) is 5.91 Å². The third-order valence-electron chi connectivity index (χ3n) is 4.63. The second-order valence-electron chi connectivity index (χ2n) is 6.31. The van der Waals surface area contributed by atoms with Crippen molar-refractivity contribution in [3.05, 3.63) is 35.4 Å². The molecule has 1 saturated heterocycles. The SMILES string of the molecule is Cc1ccccc1CN(C)C(=O)CCC(C)N1CCCC1. The topological polar surface area (TPSA) is 23.6 Å². The Bertz CT molecular complexity index is 466. The van der Waals surface area contributed by atoms with E-state index in [-0.39, 0.29) is 5.91 Å². The van der Waals surface area contributed by atoms with Gasteiger partial charge in [0.1, 0.15) is 0 Å². The summed E-state index contributed by atoms with van der Waals surface area (Å²) in [6.45, 7) is 7.47. The monoisotopic (exact) mass is 288 g/mol. The standard InChI is InChI=1S/C18H28N2O/c1-15-8-4-5-9-17(15)14-19(3)18(21)11-10-16(2)20-12-6-7-13-20/h4-5,8-9,16H,6-7,10-14H2,1-3H3. The molecule has 1 aliphatic heterocycles. The van der Waals surface area contributed by atoms with Crippen molar-refractivity contribution in [3.63, 3.8) is 0 Å². The minimum atomic E-state index is 0.254. The van der Waals surface area contributed by atoms with E-state index in [0.29, 0.717) is 19.0 Å². The first-order valence-corrected chi connectivity index (χ1v) is 8.10. The fourth-order valence-electron chi connectivity index (χ4n) is 3.02. The molecule has 3 nitrogen and oxygen atoms in total. The Labute approximate surface area is 128 Å². The van der Waals surface area contributed by atoms with Gasteiger partial charge >= 0.3 is 0 Å². The molecule has 0 N–H and O–H groups in total. The number of aryl methyl sites for hydroxylation is 1. The molecule has 1 unspecified atom stereocenters. The van der Waals surface area contributed by atoms with Crippen molar-refractivity contribution in [1.29, 1.82) is 0 Å². The van der Waals surface area contributed by atoms with Crippen LogP contribution in [-0.2, 0) is 11.3 Å². The second-order valence-corrected chi connectivity index (χ2v) is 6.31. The van der Waals surface area contributed by atoms with Crippen LogP contribution in [0.25, 0.3) is 0 Å². The Morgan fingerprint density at radius 1 is 1.29 bits per heavy atom. The van der Waals surface area contributed by atoms with Crippen molar-refractivity contribution in [2.45, 2.75) is 52.1 Å². The highest BCUT2D eigenvalue weighted by atomic mass is 16.2. The highest BCUT2D eigenvalue weighted by Gasteiger charge is 2.19. The van der Waals surface area contributed by atoms with Crippen molar-refractivity contribution in [2.75, 3.05) is 20.1 Å². The predicted octanol–water partition coefficient (Wildman–Crippen LogP) is 3.22. The van der Waals surface area contributed by atoms with E-state index in [2.05, 4.69) is 30.9 Å². The van der Waals surface area contributed by atoms with Gasteiger partial charge < -0.3 is 9.80 Å². The van der Waals surface area contributed by atoms with Crippen LogP contribution in [0.4, 0.5) is 0 Å². The summed E-state index contributed by atoms with van der Waals surface area (Å²) in [5.74, 6) is 0.254. The van der Waals surface area contributed by atoms with E-state index in [1.54, 1.807) is 0 Å². The lowest BCUT2D eigenvalue weighted by atomic mass is 10.1. The number of carbonyl (C=O) groups excluding carboxylic acids is 1. The molecular formula is C18H28N2O. The van der Waals surface area contributed by atoms with Crippen LogP contribution < -0.4 is 0 Å². The summed E-state index contributed by atoms with van der Waals surface area (Å²) in [6.07, 6.45) is 4.24. The summed E-state index contributed by atoms with van der Waals surface area (Å²) < 4.78 is 0. The molecule has 1 amide bonds. The predicted molar refractivity (Wildman–Crippen MR) is 87.2 cm³/mol. The molecule has 1 aromatic carbocycles. The zero-order valence-electron chi connectivity index (χ0n) is 13.6. The van der Waals surface area contributed by atoms with Crippen LogP contribution >= 0.6 is 0 Å². The van der Waals surface area contributed by atoms with Gasteiger partial charge in [-0.25, -0.2) is 0 Å². The maximum Gasteiger partial charge on any atom is 0.222 e. The molecule has 21 heavy (non-hydrogen) atoms. The summed E-state index contributed by atoms with van der Waals surface area (Å²) in [6, 6.07) is 8.81. The number of hydrogen-bond donors (Lipinski definition) is 0. The Morgan fingerprint density at radius 3 is 2.62 bits per heavy atom. The zero-order chi connectivity index (χ0) is 15.2. The molecular weight excluding hydrogens is 260 g/mol. The van der Waals surface area contributed by atoms with E-state index in [4.69, 9.17) is 0 Å². The van der Waals surface area contributed by atoms with Crippen molar-refractivity contribution >= 4 is 5.91 Å². The number of benzene rings is 1. The average Bonchev–Trinajstić information content (AvgIpc) is 3.01. The minimum Gasteiger partial charge on any atom is -0.341 e. The van der Waals surface area contributed by atoms with Gasteiger partial charge in [-0.1, -0.05) is 24.3 Å². The smallest absolute Gasteiger partial charge is 0.222 e. The highest BCUT2D eigenvalue weighted by molar-refractivity contribution is 5.75. The molecule has 1 aromatic rings. The molecule has 0 spiro atoms. The molecule has 1 atom stereocenters. The van der Waals surface area contributed by atoms with Gasteiger partial charge in [0.05, 0.1) is 0 Å². The van der Waals surface area contributed by atoms with Gasteiger partial charge in [0, 0.05) is 26.1 Å². The van der Waals surface area contributed by atoms with E-state index < -0.39 is 0 Å². The summed E-state index contributed by atoms with van der Waals surface area (Å²) >= 11 is 0. The number of hydrogen-bond acceptors (Lipinski definition) is 2. The molecule has 0 bridgehead atoms. The van der Waals surface area contributed by atoms with Crippen LogP contribution in [0.1, 0.15) is 43.7 Å². The number of carbonyl (C=O) groups is 1. The van der Waals surface area contributed by atoms with Gasteiger partial charge in [-0.2, -0.15) is 0 Å². The van der Waals surface area contributed by atoms with Gasteiger partial charge in [-0.05, 0) is 57.3 Å². The molecule has 0 saturated carbocycles. The molecule has 1 heterocycles. The maximum atomic E-state index is 12.3. The Balaban J connectivity index is 1.78. The third kappa shape index (κ3) is 4.57. The number of rotatable bonds is 6. The van der Waals surface area contributed by atoms with Crippen molar-refractivity contribution in [2.24, 2.45) is 0 Å². The number of likely N-dealkylation sites (tertiary alicyclic amines) is 1. The van der Waals surface area contributed by atoms with E-state index in [1.165, 1.54) is 37.1 Å². The van der Waals surface area contributed by atoms with Crippen LogP contribution in [0.3, 0.4) is 0 Å². The Hall–Kier alpha value is -1.35. The van der Waals surface area contributed by atoms with Gasteiger partial charge in [-0.15, -0.1) is 0 Å². The van der Waals surface area contributed by atoms with Crippen molar-refractivity contribution < 1.29 is 4.79 Å². The second kappa shape index (κ2) is 7.60. The van der Waals surface area contributed by atoms with Crippen LogP contribution in [0, 0.1) is 6.92 Å². The molecule has 2 rings (SSSR count). The first-order valence-electron chi connectivity index (χ1n) is 8.10. The number of amides is 1. The van der Waals surface area contributed by atoms with Crippen LogP contribution in [0.15, 0.2) is 24.3 Å². The summed E-state index contributed by atoms with van der Waals surface area (Å²) in [5.41, 5.74) is 2.49. The van der Waals surface area contributed by atoms with Gasteiger partial charge in [0.25, 0.3) is 0 Å². The first-order chi connectivity index (χ1) is 10.1. The quantitative estimate of drug-likeness (QED) is 0.802. The summed E-state index contributed by atoms with van der Waals surface area (Å²) in [4.78, 5) is 16.7. The van der Waals surface area contributed by atoms with Crippen molar-refractivity contribution in [1.82, 2.24) is 9.80 Å². The molecule has 0 aliphatic carbocycles. The molecule has 0 radical (unpaired) electrons. The highest BCUT2D eigenvalue weighted by Crippen LogP contribution is 2.16. The lowest BCUT2D eigenvalue weighted by molar-refractivity contribution is -0.130. The Morgan fingerprint density at radius 2 is 1.95 bits per heavy atom. The van der Waals surface area contributed by atoms with E-state index in [9.17, 15) is 4.79 Å². The van der Waals surface area contributed by atoms with E-state index in [0.717, 1.165) is 6.42 Å². The molecule has 3 heteroatoms. The average molecular weight is 288 g/mol. The lowest BCUT2D eigenvalue weighted by Gasteiger charge is -2.25. The van der Waals surface area contributed by atoms with Gasteiger partial charge in [-0.3, -0.25) is 4.79 Å². The molecule has 0 aromatic heterocycles. The van der Waals surface area contributed by atoms with Crippen LogP contribution in [0.5, 0.6) is 0 Å². The summed E-state index contributed by atoms with van der Waals surface area (Å²) in [7, 11) is 1.91. The Kier molecular flexibility index (Phi) is 5.80. The summed E-state index contributed by atoms with van der Waals surface area (Å²) in [5, 5.41) is 0. The maximum absolute atomic E-state index is 12.3. The third-order valence-corrected chi connectivity index (χ3v) is 4.63. The van der Waals surface area contributed by atoms with Crippen LogP contribution in [-0.4, -0.2) is 41.9 Å². The van der Waals surface area contributed by atoms with Crippen LogP contribution in [0.2, 0.25) is 0 Å². The fraction of sp³-hybridized carbons (Fsp3) is 0.611.